The van der Waals surface area contributed by atoms with Crippen molar-refractivity contribution in [1.82, 2.24) is 20.5 Å². The highest BCUT2D eigenvalue weighted by Crippen LogP contribution is 2.17. The van der Waals surface area contributed by atoms with Crippen molar-refractivity contribution in [2.45, 2.75) is 26.0 Å². The fraction of sp³-hybridized carbons (Fsp3) is 0.167. The van der Waals surface area contributed by atoms with Crippen molar-refractivity contribution in [3.8, 4) is 17.3 Å². The van der Waals surface area contributed by atoms with Crippen molar-refractivity contribution in [1.29, 1.82) is 0 Å². The molecule has 0 unspecified atom stereocenters. The van der Waals surface area contributed by atoms with Gasteiger partial charge in [-0.15, -0.1) is 10.2 Å². The van der Waals surface area contributed by atoms with Crippen LogP contribution in [0.15, 0.2) is 83.4 Å². The highest BCUT2D eigenvalue weighted by Gasteiger charge is 2.10. The van der Waals surface area contributed by atoms with Crippen molar-refractivity contribution in [3.05, 3.63) is 96.0 Å². The Labute approximate surface area is 180 Å². The summed E-state index contributed by atoms with van der Waals surface area (Å²) in [4.78, 5) is 16.4. The van der Waals surface area contributed by atoms with Crippen molar-refractivity contribution in [3.63, 3.8) is 0 Å². The summed E-state index contributed by atoms with van der Waals surface area (Å²) in [5.74, 6) is 1.32. The molecule has 0 spiro atoms. The van der Waals surface area contributed by atoms with Crippen LogP contribution in [-0.4, -0.2) is 21.1 Å². The Morgan fingerprint density at radius 2 is 1.71 bits per heavy atom. The van der Waals surface area contributed by atoms with Crippen LogP contribution in [-0.2, 0) is 24.4 Å². The van der Waals surface area contributed by atoms with Crippen molar-refractivity contribution >= 4 is 5.91 Å². The third-order valence-corrected chi connectivity index (χ3v) is 4.57. The lowest BCUT2D eigenvalue weighted by Crippen LogP contribution is -2.23. The zero-order valence-electron chi connectivity index (χ0n) is 16.9. The smallest absolute Gasteiger partial charge is 0.247 e. The Balaban J connectivity index is 1.23. The molecule has 2 aromatic heterocycles. The van der Waals surface area contributed by atoms with E-state index in [0.717, 1.165) is 16.7 Å². The van der Waals surface area contributed by atoms with E-state index in [1.165, 1.54) is 0 Å². The summed E-state index contributed by atoms with van der Waals surface area (Å²) in [6.07, 6.45) is 2.32. The molecule has 7 nitrogen and oxygen atoms in total. The number of benzene rings is 2. The zero-order valence-corrected chi connectivity index (χ0v) is 16.9. The minimum atomic E-state index is -0.0944. The molecule has 1 amide bonds. The van der Waals surface area contributed by atoms with E-state index < -0.39 is 0 Å². The van der Waals surface area contributed by atoms with Crippen LogP contribution in [0.1, 0.15) is 23.4 Å². The van der Waals surface area contributed by atoms with Gasteiger partial charge in [0.1, 0.15) is 6.61 Å². The van der Waals surface area contributed by atoms with E-state index in [0.29, 0.717) is 37.2 Å². The highest BCUT2D eigenvalue weighted by molar-refractivity contribution is 5.76. The Morgan fingerprint density at radius 1 is 0.935 bits per heavy atom. The third kappa shape index (κ3) is 5.99. The average molecular weight is 414 g/mol. The Hall–Kier alpha value is -4.00. The fourth-order valence-electron chi connectivity index (χ4n) is 2.93. The van der Waals surface area contributed by atoms with Crippen LogP contribution in [0.5, 0.6) is 5.88 Å². The van der Waals surface area contributed by atoms with Crippen LogP contribution < -0.4 is 10.1 Å². The predicted molar refractivity (Wildman–Crippen MR) is 115 cm³/mol. The number of carbonyl (C=O) groups excluding carboxylic acids is 1. The van der Waals surface area contributed by atoms with E-state index >= 15 is 0 Å². The Morgan fingerprint density at radius 3 is 2.52 bits per heavy atom. The van der Waals surface area contributed by atoms with Gasteiger partial charge < -0.3 is 14.5 Å². The van der Waals surface area contributed by atoms with E-state index in [4.69, 9.17) is 9.15 Å². The normalized spacial score (nSPS) is 10.6. The van der Waals surface area contributed by atoms with E-state index in [1.807, 2.05) is 72.8 Å². The molecular formula is C24H22N4O3. The van der Waals surface area contributed by atoms with Crippen LogP contribution >= 0.6 is 0 Å². The standard InChI is InChI=1S/C24H22N4O3/c29-21(11-12-22-27-28-24(31-22)20-9-5-2-6-10-20)26-16-19-13-14-25-23(15-19)30-17-18-7-3-1-4-8-18/h1-10,13-15H,11-12,16-17H2,(H,26,29). The van der Waals surface area contributed by atoms with Gasteiger partial charge >= 0.3 is 0 Å². The first kappa shape index (κ1) is 20.3. The van der Waals surface area contributed by atoms with E-state index in [2.05, 4.69) is 20.5 Å². The lowest BCUT2D eigenvalue weighted by Gasteiger charge is -2.08. The molecule has 0 fully saturated rings. The van der Waals surface area contributed by atoms with Crippen molar-refractivity contribution in [2.75, 3.05) is 0 Å². The molecule has 31 heavy (non-hydrogen) atoms. The first-order valence-electron chi connectivity index (χ1n) is 10.0. The van der Waals surface area contributed by atoms with Crippen molar-refractivity contribution in [2.24, 2.45) is 0 Å². The van der Waals surface area contributed by atoms with Crippen LogP contribution in [0.25, 0.3) is 11.5 Å². The van der Waals surface area contributed by atoms with E-state index in [9.17, 15) is 4.79 Å². The number of rotatable bonds is 9. The van der Waals surface area contributed by atoms with Crippen LogP contribution in [0.4, 0.5) is 0 Å². The van der Waals surface area contributed by atoms with Crippen molar-refractivity contribution < 1.29 is 13.9 Å². The number of aryl methyl sites for hydroxylation is 1. The lowest BCUT2D eigenvalue weighted by atomic mass is 10.2. The summed E-state index contributed by atoms with van der Waals surface area (Å²) in [6, 6.07) is 23.1. The maximum Gasteiger partial charge on any atom is 0.247 e. The van der Waals surface area contributed by atoms with Gasteiger partial charge in [0.15, 0.2) is 0 Å². The molecule has 2 heterocycles. The number of nitrogens with zero attached hydrogens (tertiary/aromatic N) is 3. The van der Waals surface area contributed by atoms with Gasteiger partial charge in [-0.3, -0.25) is 4.79 Å². The predicted octanol–water partition coefficient (Wildman–Crippen LogP) is 3.96. The molecule has 0 saturated heterocycles. The third-order valence-electron chi connectivity index (χ3n) is 4.57. The molecule has 1 N–H and O–H groups in total. The Bertz CT molecular complexity index is 1110. The fourth-order valence-corrected chi connectivity index (χ4v) is 2.93. The summed E-state index contributed by atoms with van der Waals surface area (Å²) >= 11 is 0. The maximum absolute atomic E-state index is 12.2. The SMILES string of the molecule is O=C(CCc1nnc(-c2ccccc2)o1)NCc1ccnc(OCc2ccccc2)c1. The molecule has 0 aliphatic rings. The summed E-state index contributed by atoms with van der Waals surface area (Å²) < 4.78 is 11.4. The molecular weight excluding hydrogens is 392 g/mol. The van der Waals surface area contributed by atoms with Crippen LogP contribution in [0, 0.1) is 0 Å². The number of ether oxygens (including phenoxy) is 1. The topological polar surface area (TPSA) is 90.1 Å². The second-order valence-corrected chi connectivity index (χ2v) is 6.92. The largest absolute Gasteiger partial charge is 0.473 e. The van der Waals surface area contributed by atoms with Gasteiger partial charge in [0.05, 0.1) is 0 Å². The van der Waals surface area contributed by atoms with Gasteiger partial charge in [-0.2, -0.15) is 0 Å². The summed E-state index contributed by atoms with van der Waals surface area (Å²) in [5.41, 5.74) is 2.84. The van der Waals surface area contributed by atoms with Gasteiger partial charge in [-0.05, 0) is 29.3 Å². The second kappa shape index (κ2) is 10.2. The molecule has 0 aliphatic carbocycles. The average Bonchev–Trinajstić information content (AvgIpc) is 3.31. The van der Waals surface area contributed by atoms with Gasteiger partial charge in [-0.25, -0.2) is 4.98 Å². The first-order chi connectivity index (χ1) is 15.3. The quantitative estimate of drug-likeness (QED) is 0.446. The number of aromatic nitrogens is 3. The van der Waals surface area contributed by atoms with Crippen LogP contribution in [0.3, 0.4) is 0 Å². The molecule has 4 aromatic rings. The molecule has 7 heteroatoms. The molecule has 2 aromatic carbocycles. The number of hydrogen-bond acceptors (Lipinski definition) is 6. The molecule has 4 rings (SSSR count). The molecule has 0 saturated carbocycles. The summed E-state index contributed by atoms with van der Waals surface area (Å²) in [6.45, 7) is 0.834. The Kier molecular flexibility index (Phi) is 6.64. The van der Waals surface area contributed by atoms with E-state index in [1.54, 1.807) is 6.20 Å². The number of nitrogens with one attached hydrogen (secondary N) is 1. The van der Waals surface area contributed by atoms with Gasteiger partial charge in [-0.1, -0.05) is 48.5 Å². The number of carbonyl (C=O) groups is 1. The molecule has 0 atom stereocenters. The minimum absolute atomic E-state index is 0.0944. The molecule has 0 radical (unpaired) electrons. The summed E-state index contributed by atoms with van der Waals surface area (Å²) in [7, 11) is 0. The maximum atomic E-state index is 12.2. The number of amides is 1. The number of hydrogen-bond donors (Lipinski definition) is 1. The minimum Gasteiger partial charge on any atom is -0.473 e. The molecule has 0 bridgehead atoms. The highest BCUT2D eigenvalue weighted by atomic mass is 16.5. The van der Waals surface area contributed by atoms with Crippen LogP contribution in [0.2, 0.25) is 0 Å². The monoisotopic (exact) mass is 414 g/mol. The molecule has 156 valence electrons. The molecule has 0 aliphatic heterocycles. The zero-order chi connectivity index (χ0) is 21.3. The van der Waals surface area contributed by atoms with E-state index in [-0.39, 0.29) is 12.3 Å². The lowest BCUT2D eigenvalue weighted by molar-refractivity contribution is -0.121. The van der Waals surface area contributed by atoms with Gasteiger partial charge in [0, 0.05) is 37.2 Å². The van der Waals surface area contributed by atoms with Gasteiger partial charge in [0.25, 0.3) is 0 Å². The van der Waals surface area contributed by atoms with Gasteiger partial charge in [0.2, 0.25) is 23.6 Å². The summed E-state index contributed by atoms with van der Waals surface area (Å²) in [5, 5.41) is 11.0. The number of pyridine rings is 1. The first-order valence-corrected chi connectivity index (χ1v) is 10.0. The second-order valence-electron chi connectivity index (χ2n) is 6.92.